The third-order valence-electron chi connectivity index (χ3n) is 5.51. The maximum absolute atomic E-state index is 13.5. The highest BCUT2D eigenvalue weighted by molar-refractivity contribution is 14.1. The van der Waals surface area contributed by atoms with Gasteiger partial charge in [0.05, 0.1) is 30.0 Å². The molecule has 0 bridgehead atoms. The Morgan fingerprint density at radius 1 is 1.25 bits per heavy atom. The number of fused-ring (bicyclic) bond motifs is 1. The Morgan fingerprint density at radius 2 is 1.91 bits per heavy atom. The highest BCUT2D eigenvalue weighted by Gasteiger charge is 2.47. The van der Waals surface area contributed by atoms with Gasteiger partial charge in [0.2, 0.25) is 0 Å². The first-order chi connectivity index (χ1) is 14.9. The van der Waals surface area contributed by atoms with Crippen LogP contribution < -0.4 is 4.74 Å². The van der Waals surface area contributed by atoms with E-state index in [0.29, 0.717) is 17.5 Å². The molecule has 2 aromatic rings. The van der Waals surface area contributed by atoms with Crippen LogP contribution in [0, 0.1) is 0 Å². The molecule has 0 aromatic heterocycles. The molecule has 32 heavy (non-hydrogen) atoms. The van der Waals surface area contributed by atoms with Crippen LogP contribution >= 0.6 is 30.2 Å². The van der Waals surface area contributed by atoms with Crippen LogP contribution in [0.5, 0.6) is 5.75 Å². The van der Waals surface area contributed by atoms with Crippen molar-refractivity contribution < 1.29 is 32.7 Å². The van der Waals surface area contributed by atoms with Gasteiger partial charge in [-0.15, -0.1) is 0 Å². The smallest absolute Gasteiger partial charge is 0.330 e. The molecule has 1 aliphatic heterocycles. The first kappa shape index (κ1) is 25.6. The maximum atomic E-state index is 13.5. The topological polar surface area (TPSA) is 124 Å². The van der Waals surface area contributed by atoms with E-state index in [2.05, 4.69) is 0 Å². The van der Waals surface area contributed by atoms with E-state index >= 15 is 0 Å². The van der Waals surface area contributed by atoms with Crippen LogP contribution in [0.15, 0.2) is 47.4 Å². The minimum atomic E-state index is -4.48. The summed E-state index contributed by atoms with van der Waals surface area (Å²) in [4.78, 5) is 18.9. The summed E-state index contributed by atoms with van der Waals surface area (Å²) in [5.41, 5.74) is 1.10. The summed E-state index contributed by atoms with van der Waals surface area (Å²) in [5, 5.41) is 12.6. The minimum Gasteiger partial charge on any atom is -0.496 e. The Labute approximate surface area is 201 Å². The van der Waals surface area contributed by atoms with Gasteiger partial charge in [0.15, 0.2) is 9.84 Å². The van der Waals surface area contributed by atoms with E-state index in [1.54, 1.807) is 0 Å². The Hall–Kier alpha value is -1.01. The molecule has 1 aliphatic rings. The van der Waals surface area contributed by atoms with Crippen molar-refractivity contribution in [2.45, 2.75) is 46.8 Å². The molecule has 0 aliphatic carbocycles. The van der Waals surface area contributed by atoms with E-state index in [1.165, 1.54) is 19.2 Å². The lowest BCUT2D eigenvalue weighted by Gasteiger charge is -2.38. The Kier molecular flexibility index (Phi) is 7.76. The molecular weight excluding hydrogens is 568 g/mol. The molecule has 0 unspecified atom stereocenters. The number of halogens is 1. The number of methoxy groups -OCH3 is 1. The summed E-state index contributed by atoms with van der Waals surface area (Å²) in [6.07, 6.45) is 1.36. The molecule has 2 aromatic carbocycles. The van der Waals surface area contributed by atoms with Crippen molar-refractivity contribution >= 4 is 40.0 Å². The van der Waals surface area contributed by atoms with Gasteiger partial charge in [-0.25, -0.2) is 8.42 Å². The van der Waals surface area contributed by atoms with E-state index in [-0.39, 0.29) is 22.0 Å². The normalized spacial score (nSPS) is 23.4. The molecule has 0 radical (unpaired) electrons. The lowest BCUT2D eigenvalue weighted by atomic mass is 9.95. The summed E-state index contributed by atoms with van der Waals surface area (Å²) in [6.45, 7) is 2.00. The van der Waals surface area contributed by atoms with Gasteiger partial charge >= 0.3 is 7.60 Å². The number of hydroxylamine groups is 2. The standard InChI is InChI=1S/C21H27INO7PS/c1-3-4-10-21(22)14-32(28,29)19-11-16(13-31(25,26)27)18(30-2)12-17(19)20(23(21)24)15-8-6-5-7-9-15/h5-9,11-12,20,24H,3-4,10,13-14H2,1-2H3,(H2,25,26,27)/t20-,21-/m1/s1. The second kappa shape index (κ2) is 9.69. The van der Waals surface area contributed by atoms with Crippen LogP contribution in [0.25, 0.3) is 0 Å². The molecule has 176 valence electrons. The van der Waals surface area contributed by atoms with E-state index in [9.17, 15) is 28.0 Å². The third-order valence-corrected chi connectivity index (χ3v) is 10.1. The molecule has 0 saturated carbocycles. The van der Waals surface area contributed by atoms with Gasteiger partial charge in [0, 0.05) is 5.56 Å². The largest absolute Gasteiger partial charge is 0.496 e. The summed E-state index contributed by atoms with van der Waals surface area (Å²) >= 11 is 2.02. The third kappa shape index (κ3) is 5.38. The fourth-order valence-corrected chi connectivity index (χ4v) is 8.47. The fraction of sp³-hybridized carbons (Fsp3) is 0.429. The second-order valence-electron chi connectivity index (χ2n) is 7.96. The summed E-state index contributed by atoms with van der Waals surface area (Å²) in [5.74, 6) is -0.180. The second-order valence-corrected chi connectivity index (χ2v) is 13.6. The molecule has 8 nitrogen and oxygen atoms in total. The molecule has 3 N–H and O–H groups in total. The van der Waals surface area contributed by atoms with Crippen molar-refractivity contribution in [2.75, 3.05) is 12.9 Å². The highest BCUT2D eigenvalue weighted by atomic mass is 127. The van der Waals surface area contributed by atoms with Gasteiger partial charge in [0.1, 0.15) is 9.30 Å². The maximum Gasteiger partial charge on any atom is 0.330 e. The fourth-order valence-electron chi connectivity index (χ4n) is 4.02. The molecule has 2 atom stereocenters. The number of nitrogens with zero attached hydrogens (tertiary/aromatic N) is 1. The summed E-state index contributed by atoms with van der Waals surface area (Å²) in [7, 11) is -7.03. The van der Waals surface area contributed by atoms with Gasteiger partial charge in [-0.2, -0.15) is 5.06 Å². The van der Waals surface area contributed by atoms with Crippen molar-refractivity contribution in [3.05, 3.63) is 59.2 Å². The highest BCUT2D eigenvalue weighted by Crippen LogP contribution is 2.49. The van der Waals surface area contributed by atoms with Crippen molar-refractivity contribution in [2.24, 2.45) is 0 Å². The van der Waals surface area contributed by atoms with Crippen molar-refractivity contribution in [1.29, 1.82) is 0 Å². The average molecular weight is 595 g/mol. The molecule has 0 spiro atoms. The number of sulfone groups is 1. The van der Waals surface area contributed by atoms with Gasteiger partial charge < -0.3 is 19.7 Å². The van der Waals surface area contributed by atoms with E-state index in [4.69, 9.17) is 4.74 Å². The first-order valence-electron chi connectivity index (χ1n) is 10.1. The van der Waals surface area contributed by atoms with E-state index in [0.717, 1.165) is 17.9 Å². The average Bonchev–Trinajstić information content (AvgIpc) is 2.77. The number of rotatable bonds is 7. The van der Waals surface area contributed by atoms with Crippen LogP contribution in [0.1, 0.15) is 48.9 Å². The van der Waals surface area contributed by atoms with Gasteiger partial charge in [-0.1, -0.05) is 72.7 Å². The molecular formula is C21H27INO7PS. The van der Waals surface area contributed by atoms with Gasteiger partial charge in [-0.3, -0.25) is 4.57 Å². The number of hydrogen-bond donors (Lipinski definition) is 3. The predicted molar refractivity (Wildman–Crippen MR) is 129 cm³/mol. The number of benzene rings is 2. The predicted octanol–water partition coefficient (Wildman–Crippen LogP) is 4.26. The Morgan fingerprint density at radius 3 is 2.47 bits per heavy atom. The quantitative estimate of drug-likeness (QED) is 0.188. The van der Waals surface area contributed by atoms with Crippen LogP contribution in [0.4, 0.5) is 0 Å². The number of alkyl halides is 1. The lowest BCUT2D eigenvalue weighted by molar-refractivity contribution is -0.153. The lowest BCUT2D eigenvalue weighted by Crippen LogP contribution is -2.46. The summed E-state index contributed by atoms with van der Waals surface area (Å²) in [6, 6.07) is 11.0. The van der Waals surface area contributed by atoms with Crippen LogP contribution in [0.2, 0.25) is 0 Å². The number of ether oxygens (including phenoxy) is 1. The van der Waals surface area contributed by atoms with E-state index in [1.807, 2.05) is 59.8 Å². The molecule has 1 heterocycles. The Bertz CT molecular complexity index is 1120. The number of hydrogen-bond acceptors (Lipinski definition) is 6. The monoisotopic (exact) mass is 595 g/mol. The Balaban J connectivity index is 2.32. The minimum absolute atomic E-state index is 0.0512. The van der Waals surface area contributed by atoms with Gasteiger partial charge in [0.25, 0.3) is 0 Å². The zero-order valence-electron chi connectivity index (χ0n) is 17.8. The summed E-state index contributed by atoms with van der Waals surface area (Å²) < 4.78 is 43.0. The van der Waals surface area contributed by atoms with Crippen molar-refractivity contribution in [3.63, 3.8) is 0 Å². The molecule has 0 amide bonds. The van der Waals surface area contributed by atoms with Crippen molar-refractivity contribution in [1.82, 2.24) is 5.06 Å². The molecule has 0 saturated heterocycles. The van der Waals surface area contributed by atoms with E-state index < -0.39 is 33.2 Å². The zero-order chi connectivity index (χ0) is 23.7. The van der Waals surface area contributed by atoms with Crippen LogP contribution in [-0.2, 0) is 20.6 Å². The first-order valence-corrected chi connectivity index (χ1v) is 14.6. The molecule has 3 rings (SSSR count). The van der Waals surface area contributed by atoms with Gasteiger partial charge in [-0.05, 0) is 29.7 Å². The van der Waals surface area contributed by atoms with Crippen molar-refractivity contribution in [3.8, 4) is 5.75 Å². The molecule has 11 heteroatoms. The molecule has 0 fully saturated rings. The SMILES string of the molecule is CCCC[C@]1(I)CS(=O)(=O)c2cc(CP(=O)(O)O)c(OC)cc2[C@@H](c2ccccc2)N1O. The number of unbranched alkanes of at least 4 members (excludes halogenated alkanes) is 1. The van der Waals surface area contributed by atoms with Crippen LogP contribution in [0.3, 0.4) is 0 Å². The zero-order valence-corrected chi connectivity index (χ0v) is 21.7. The van der Waals surface area contributed by atoms with Crippen LogP contribution in [-0.4, -0.2) is 44.9 Å².